The van der Waals surface area contributed by atoms with Crippen LogP contribution in [0.1, 0.15) is 11.1 Å². The number of carbonyl (C=O) groups excluding carboxylic acids is 1. The highest BCUT2D eigenvalue weighted by Crippen LogP contribution is 2.15. The van der Waals surface area contributed by atoms with E-state index in [-0.39, 0.29) is 0 Å². The second-order valence-electron chi connectivity index (χ2n) is 2.57. The third kappa shape index (κ3) is 2.34. The van der Waals surface area contributed by atoms with Crippen LogP contribution in [0.4, 0.5) is 0 Å². The molecule has 66 valence electrons. The van der Waals surface area contributed by atoms with Crippen LogP contribution in [-0.4, -0.2) is 13.4 Å². The van der Waals surface area contributed by atoms with E-state index in [1.54, 1.807) is 7.11 Å². The van der Waals surface area contributed by atoms with Crippen molar-refractivity contribution in [2.24, 2.45) is 0 Å². The van der Waals surface area contributed by atoms with E-state index >= 15 is 0 Å². The molecule has 0 spiro atoms. The standard InChI is InChI=1S/C11H10O2/c1-9-5-6-11(13-2)8-10(9)4-3-7-12/h5-8H,1-2H3. The fourth-order valence-corrected chi connectivity index (χ4v) is 0.970. The fraction of sp³-hybridized carbons (Fsp3) is 0.182. The Labute approximate surface area is 77.5 Å². The molecule has 1 aromatic carbocycles. The first-order valence-electron chi connectivity index (χ1n) is 3.87. The summed E-state index contributed by atoms with van der Waals surface area (Å²) in [7, 11) is 1.60. The molecule has 0 saturated carbocycles. The van der Waals surface area contributed by atoms with Crippen LogP contribution in [0.2, 0.25) is 0 Å². The summed E-state index contributed by atoms with van der Waals surface area (Å²) in [5.74, 6) is 5.86. The summed E-state index contributed by atoms with van der Waals surface area (Å²) >= 11 is 0. The fourth-order valence-electron chi connectivity index (χ4n) is 0.970. The average Bonchev–Trinajstić information content (AvgIpc) is 2.17. The van der Waals surface area contributed by atoms with E-state index in [9.17, 15) is 4.79 Å². The molecule has 1 aromatic rings. The van der Waals surface area contributed by atoms with Crippen LogP contribution in [0.25, 0.3) is 0 Å². The normalized spacial score (nSPS) is 8.46. The molecule has 0 radical (unpaired) electrons. The Morgan fingerprint density at radius 2 is 2.23 bits per heavy atom. The number of ether oxygens (including phenoxy) is 1. The van der Waals surface area contributed by atoms with Gasteiger partial charge in [-0.2, -0.15) is 0 Å². The quantitative estimate of drug-likeness (QED) is 0.477. The van der Waals surface area contributed by atoms with E-state index in [2.05, 4.69) is 11.8 Å². The molecule has 0 aliphatic heterocycles. The molecule has 0 aliphatic carbocycles. The molecular formula is C11H10O2. The van der Waals surface area contributed by atoms with E-state index in [1.165, 1.54) is 0 Å². The number of benzene rings is 1. The van der Waals surface area contributed by atoms with Crippen molar-refractivity contribution in [1.82, 2.24) is 0 Å². The van der Waals surface area contributed by atoms with Gasteiger partial charge >= 0.3 is 0 Å². The first-order valence-corrected chi connectivity index (χ1v) is 3.87. The van der Waals surface area contributed by atoms with Crippen molar-refractivity contribution in [3.05, 3.63) is 29.3 Å². The van der Waals surface area contributed by atoms with Crippen molar-refractivity contribution < 1.29 is 9.53 Å². The molecule has 0 heterocycles. The summed E-state index contributed by atoms with van der Waals surface area (Å²) in [5, 5.41) is 0. The summed E-state index contributed by atoms with van der Waals surface area (Å²) in [5.41, 5.74) is 1.86. The van der Waals surface area contributed by atoms with Gasteiger partial charge in [-0.3, -0.25) is 4.79 Å². The van der Waals surface area contributed by atoms with E-state index in [4.69, 9.17) is 4.74 Å². The zero-order chi connectivity index (χ0) is 9.68. The van der Waals surface area contributed by atoms with Crippen molar-refractivity contribution in [2.75, 3.05) is 7.11 Å². The number of aldehydes is 1. The maximum absolute atomic E-state index is 10.0. The minimum Gasteiger partial charge on any atom is -0.497 e. The van der Waals surface area contributed by atoms with Crippen molar-refractivity contribution in [1.29, 1.82) is 0 Å². The minimum absolute atomic E-state index is 0.582. The third-order valence-corrected chi connectivity index (χ3v) is 1.71. The smallest absolute Gasteiger partial charge is 0.193 e. The Morgan fingerprint density at radius 1 is 1.46 bits per heavy atom. The number of hydrogen-bond donors (Lipinski definition) is 0. The molecule has 0 fully saturated rings. The maximum atomic E-state index is 10.0. The topological polar surface area (TPSA) is 26.3 Å². The molecular weight excluding hydrogens is 164 g/mol. The van der Waals surface area contributed by atoms with Gasteiger partial charge in [0, 0.05) is 5.56 Å². The second kappa shape index (κ2) is 4.32. The number of carbonyl (C=O) groups is 1. The van der Waals surface area contributed by atoms with Crippen molar-refractivity contribution >= 4 is 6.29 Å². The molecule has 0 bridgehead atoms. The van der Waals surface area contributed by atoms with E-state index in [1.807, 2.05) is 25.1 Å². The predicted octanol–water partition coefficient (Wildman–Crippen LogP) is 1.55. The summed E-state index contributed by atoms with van der Waals surface area (Å²) in [6, 6.07) is 5.58. The van der Waals surface area contributed by atoms with Gasteiger partial charge in [-0.15, -0.1) is 0 Å². The SMILES string of the molecule is COc1ccc(C)c(C#CC=O)c1. The van der Waals surface area contributed by atoms with Crippen molar-refractivity contribution in [3.63, 3.8) is 0 Å². The minimum atomic E-state index is 0.582. The highest BCUT2D eigenvalue weighted by atomic mass is 16.5. The molecule has 2 nitrogen and oxygen atoms in total. The molecule has 2 heteroatoms. The van der Waals surface area contributed by atoms with Crippen LogP contribution in [0.5, 0.6) is 5.75 Å². The van der Waals surface area contributed by atoms with E-state index < -0.39 is 0 Å². The highest BCUT2D eigenvalue weighted by molar-refractivity contribution is 5.74. The largest absolute Gasteiger partial charge is 0.497 e. The van der Waals surface area contributed by atoms with Crippen LogP contribution in [-0.2, 0) is 4.79 Å². The zero-order valence-electron chi connectivity index (χ0n) is 7.63. The molecule has 0 atom stereocenters. The van der Waals surface area contributed by atoms with Gasteiger partial charge < -0.3 is 4.74 Å². The van der Waals surface area contributed by atoms with E-state index in [0.29, 0.717) is 6.29 Å². The number of rotatable bonds is 1. The summed E-state index contributed by atoms with van der Waals surface area (Å²) < 4.78 is 5.03. The third-order valence-electron chi connectivity index (χ3n) is 1.71. The summed E-state index contributed by atoms with van der Waals surface area (Å²) in [6.07, 6.45) is 0.582. The van der Waals surface area contributed by atoms with Gasteiger partial charge in [0.25, 0.3) is 0 Å². The predicted molar refractivity (Wildman–Crippen MR) is 50.7 cm³/mol. The molecule has 0 N–H and O–H groups in total. The average molecular weight is 174 g/mol. The maximum Gasteiger partial charge on any atom is 0.193 e. The van der Waals surface area contributed by atoms with Gasteiger partial charge in [0.05, 0.1) is 7.11 Å². The van der Waals surface area contributed by atoms with Crippen molar-refractivity contribution in [3.8, 4) is 17.6 Å². The van der Waals surface area contributed by atoms with Crippen LogP contribution in [0.15, 0.2) is 18.2 Å². The Morgan fingerprint density at radius 3 is 2.85 bits per heavy atom. The van der Waals surface area contributed by atoms with Crippen LogP contribution >= 0.6 is 0 Å². The van der Waals surface area contributed by atoms with Crippen LogP contribution in [0.3, 0.4) is 0 Å². The molecule has 0 aromatic heterocycles. The Balaban J connectivity index is 3.10. The second-order valence-corrected chi connectivity index (χ2v) is 2.57. The van der Waals surface area contributed by atoms with Gasteiger partial charge in [-0.25, -0.2) is 0 Å². The van der Waals surface area contributed by atoms with Gasteiger partial charge in [0.15, 0.2) is 6.29 Å². The first-order chi connectivity index (χ1) is 6.27. The first kappa shape index (κ1) is 9.34. The Hall–Kier alpha value is -1.75. The molecule has 0 saturated heterocycles. The zero-order valence-corrected chi connectivity index (χ0v) is 7.63. The van der Waals surface area contributed by atoms with Gasteiger partial charge in [-0.05, 0) is 30.5 Å². The molecule has 13 heavy (non-hydrogen) atoms. The lowest BCUT2D eigenvalue weighted by Crippen LogP contribution is -1.86. The van der Waals surface area contributed by atoms with Crippen LogP contribution in [0, 0.1) is 18.8 Å². The lowest BCUT2D eigenvalue weighted by molar-refractivity contribution is -0.103. The summed E-state index contributed by atoms with van der Waals surface area (Å²) in [4.78, 5) is 10.0. The van der Waals surface area contributed by atoms with Crippen molar-refractivity contribution in [2.45, 2.75) is 6.92 Å². The molecule has 0 aliphatic rings. The van der Waals surface area contributed by atoms with Gasteiger partial charge in [0.1, 0.15) is 5.75 Å². The Kier molecular flexibility index (Phi) is 3.10. The lowest BCUT2D eigenvalue weighted by atomic mass is 10.1. The molecule has 0 amide bonds. The Bertz CT molecular complexity index is 369. The monoisotopic (exact) mass is 174 g/mol. The van der Waals surface area contributed by atoms with Gasteiger partial charge in [0.2, 0.25) is 0 Å². The number of aryl methyl sites for hydroxylation is 1. The van der Waals surface area contributed by atoms with Crippen LogP contribution < -0.4 is 4.74 Å². The van der Waals surface area contributed by atoms with E-state index in [0.717, 1.165) is 16.9 Å². The summed E-state index contributed by atoms with van der Waals surface area (Å²) in [6.45, 7) is 1.94. The number of hydrogen-bond acceptors (Lipinski definition) is 2. The molecule has 0 unspecified atom stereocenters. The lowest BCUT2D eigenvalue weighted by Gasteiger charge is -2.01. The van der Waals surface area contributed by atoms with Gasteiger partial charge in [-0.1, -0.05) is 12.0 Å². The molecule has 1 rings (SSSR count). The number of methoxy groups -OCH3 is 1. The highest BCUT2D eigenvalue weighted by Gasteiger charge is 1.96.